The van der Waals surface area contributed by atoms with E-state index >= 15 is 0 Å². The molecule has 2 N–H and O–H groups in total. The second kappa shape index (κ2) is 6.25. The van der Waals surface area contributed by atoms with E-state index in [4.69, 9.17) is 4.74 Å². The second-order valence-corrected chi connectivity index (χ2v) is 4.66. The highest BCUT2D eigenvalue weighted by molar-refractivity contribution is 5.96. The lowest BCUT2D eigenvalue weighted by atomic mass is 9.96. The van der Waals surface area contributed by atoms with E-state index < -0.39 is 23.0 Å². The Morgan fingerprint density at radius 3 is 2.55 bits per heavy atom. The number of esters is 1. The molecule has 1 aliphatic rings. The van der Waals surface area contributed by atoms with Crippen LogP contribution in [-0.4, -0.2) is 23.5 Å². The van der Waals surface area contributed by atoms with Gasteiger partial charge in [-0.2, -0.15) is 0 Å². The highest BCUT2D eigenvalue weighted by Crippen LogP contribution is 2.27. The number of hydrogen-bond donors (Lipinski definition) is 2. The number of benzene rings is 1. The van der Waals surface area contributed by atoms with Crippen molar-refractivity contribution in [3.8, 4) is 0 Å². The smallest absolute Gasteiger partial charge is 0.354 e. The van der Waals surface area contributed by atoms with Gasteiger partial charge in [-0.15, -0.1) is 0 Å². The van der Waals surface area contributed by atoms with E-state index in [-0.39, 0.29) is 18.0 Å². The Bertz CT molecular complexity index is 651. The fourth-order valence-corrected chi connectivity index (χ4v) is 2.17. The summed E-state index contributed by atoms with van der Waals surface area (Å²) in [5.41, 5.74) is 1.26. The van der Waals surface area contributed by atoms with Crippen LogP contribution in [0.15, 0.2) is 35.5 Å². The average molecular weight is 305 g/mol. The van der Waals surface area contributed by atoms with Gasteiger partial charge in [-0.3, -0.25) is 10.1 Å². The molecule has 0 bridgehead atoms. The topological polar surface area (TPSA) is 111 Å². The summed E-state index contributed by atoms with van der Waals surface area (Å²) >= 11 is 0. The van der Waals surface area contributed by atoms with Gasteiger partial charge in [0.05, 0.1) is 17.6 Å². The zero-order valence-corrected chi connectivity index (χ0v) is 12.1. The minimum absolute atomic E-state index is 0.0451. The quantitative estimate of drug-likeness (QED) is 0.500. The summed E-state index contributed by atoms with van der Waals surface area (Å²) in [6.45, 7) is 3.55. The second-order valence-electron chi connectivity index (χ2n) is 4.66. The number of nitrogens with one attached hydrogen (secondary N) is 2. The van der Waals surface area contributed by atoms with Gasteiger partial charge in [0.15, 0.2) is 0 Å². The summed E-state index contributed by atoms with van der Waals surface area (Å²) in [6.07, 6.45) is 0. The van der Waals surface area contributed by atoms with Gasteiger partial charge in [-0.25, -0.2) is 9.59 Å². The zero-order valence-electron chi connectivity index (χ0n) is 12.1. The van der Waals surface area contributed by atoms with E-state index in [1.54, 1.807) is 26.0 Å². The van der Waals surface area contributed by atoms with Crippen LogP contribution in [-0.2, 0) is 9.53 Å². The molecule has 0 saturated heterocycles. The third-order valence-corrected chi connectivity index (χ3v) is 3.26. The first-order chi connectivity index (χ1) is 10.4. The first-order valence-corrected chi connectivity index (χ1v) is 6.63. The summed E-state index contributed by atoms with van der Waals surface area (Å²) in [5, 5.41) is 15.8. The van der Waals surface area contributed by atoms with E-state index in [9.17, 15) is 19.7 Å². The lowest BCUT2D eigenvalue weighted by Crippen LogP contribution is -2.45. The molecule has 2 amide bonds. The summed E-state index contributed by atoms with van der Waals surface area (Å²) < 4.78 is 4.91. The standard InChI is InChI=1S/C14H15N3O5/c1-3-22-13(18)12-8(2)11(15-14(19)16-12)9-4-6-10(7-5-9)17(20)21/h4-7,11H,3H2,1-2H3,(H2,15,16,19). The molecule has 1 unspecified atom stereocenters. The van der Waals surface area contributed by atoms with Crippen molar-refractivity contribution in [2.45, 2.75) is 19.9 Å². The minimum Gasteiger partial charge on any atom is -0.461 e. The molecule has 1 aromatic rings. The van der Waals surface area contributed by atoms with Gasteiger partial charge < -0.3 is 15.4 Å². The number of amides is 2. The molecule has 8 heteroatoms. The predicted octanol–water partition coefficient (Wildman–Crippen LogP) is 1.79. The first-order valence-electron chi connectivity index (χ1n) is 6.63. The van der Waals surface area contributed by atoms with E-state index in [1.807, 2.05) is 0 Å². The van der Waals surface area contributed by atoms with Gasteiger partial charge in [0.1, 0.15) is 5.70 Å². The lowest BCUT2D eigenvalue weighted by Gasteiger charge is -2.27. The molecule has 0 radical (unpaired) electrons. The molecular weight excluding hydrogens is 290 g/mol. The molecule has 0 aliphatic carbocycles. The van der Waals surface area contributed by atoms with Crippen molar-refractivity contribution in [1.82, 2.24) is 10.6 Å². The van der Waals surface area contributed by atoms with Crippen LogP contribution in [0.2, 0.25) is 0 Å². The Morgan fingerprint density at radius 2 is 2.00 bits per heavy atom. The predicted molar refractivity (Wildman–Crippen MR) is 76.8 cm³/mol. The van der Waals surface area contributed by atoms with Gasteiger partial charge in [0.2, 0.25) is 0 Å². The largest absolute Gasteiger partial charge is 0.461 e. The van der Waals surface area contributed by atoms with Crippen molar-refractivity contribution < 1.29 is 19.2 Å². The maximum absolute atomic E-state index is 11.9. The number of rotatable bonds is 4. The van der Waals surface area contributed by atoms with Gasteiger partial charge in [0, 0.05) is 12.1 Å². The molecule has 0 fully saturated rings. The van der Waals surface area contributed by atoms with E-state index in [0.29, 0.717) is 11.1 Å². The highest BCUT2D eigenvalue weighted by atomic mass is 16.6. The monoisotopic (exact) mass is 305 g/mol. The maximum Gasteiger partial charge on any atom is 0.354 e. The zero-order chi connectivity index (χ0) is 16.3. The Balaban J connectivity index is 2.36. The maximum atomic E-state index is 11.9. The van der Waals surface area contributed by atoms with Crippen molar-refractivity contribution in [2.75, 3.05) is 6.61 Å². The van der Waals surface area contributed by atoms with Gasteiger partial charge >= 0.3 is 12.0 Å². The number of urea groups is 1. The molecule has 8 nitrogen and oxygen atoms in total. The summed E-state index contributed by atoms with van der Waals surface area (Å²) in [7, 11) is 0. The molecular formula is C14H15N3O5. The SMILES string of the molecule is CCOC(=O)C1=C(C)C(c2ccc([N+](=O)[O-])cc2)NC(=O)N1. The Hall–Kier alpha value is -2.90. The van der Waals surface area contributed by atoms with Crippen molar-refractivity contribution in [2.24, 2.45) is 0 Å². The Morgan fingerprint density at radius 1 is 1.36 bits per heavy atom. The third kappa shape index (κ3) is 3.05. The fraction of sp³-hybridized carbons (Fsp3) is 0.286. The van der Waals surface area contributed by atoms with E-state index in [1.165, 1.54) is 12.1 Å². The van der Waals surface area contributed by atoms with Crippen LogP contribution in [0, 0.1) is 10.1 Å². The van der Waals surface area contributed by atoms with Gasteiger partial charge in [-0.1, -0.05) is 0 Å². The molecule has 0 spiro atoms. The summed E-state index contributed by atoms with van der Waals surface area (Å²) in [4.78, 5) is 33.7. The lowest BCUT2D eigenvalue weighted by molar-refractivity contribution is -0.384. The highest BCUT2D eigenvalue weighted by Gasteiger charge is 2.29. The number of nitro benzene ring substituents is 1. The third-order valence-electron chi connectivity index (χ3n) is 3.26. The fourth-order valence-electron chi connectivity index (χ4n) is 2.17. The number of nitrogens with zero attached hydrogens (tertiary/aromatic N) is 1. The van der Waals surface area contributed by atoms with Crippen LogP contribution in [0.1, 0.15) is 25.5 Å². The van der Waals surface area contributed by atoms with Crippen LogP contribution in [0.5, 0.6) is 0 Å². The minimum atomic E-state index is -0.609. The van der Waals surface area contributed by atoms with Crippen LogP contribution in [0.4, 0.5) is 10.5 Å². The van der Waals surface area contributed by atoms with Crippen molar-refractivity contribution in [3.63, 3.8) is 0 Å². The molecule has 116 valence electrons. The molecule has 1 aliphatic heterocycles. The average Bonchev–Trinajstić information content (AvgIpc) is 2.49. The molecule has 1 heterocycles. The van der Waals surface area contributed by atoms with Crippen LogP contribution < -0.4 is 10.6 Å². The molecule has 0 aromatic heterocycles. The van der Waals surface area contributed by atoms with E-state index in [2.05, 4.69) is 10.6 Å². The van der Waals surface area contributed by atoms with Crippen molar-refractivity contribution >= 4 is 17.7 Å². The summed E-state index contributed by atoms with van der Waals surface area (Å²) in [5.74, 6) is -0.609. The number of hydrogen-bond acceptors (Lipinski definition) is 5. The molecule has 1 atom stereocenters. The number of nitro groups is 1. The molecule has 0 saturated carbocycles. The molecule has 2 rings (SSSR count). The van der Waals surface area contributed by atoms with Crippen LogP contribution >= 0.6 is 0 Å². The number of ether oxygens (including phenoxy) is 1. The van der Waals surface area contributed by atoms with Gasteiger partial charge in [0.25, 0.3) is 5.69 Å². The summed E-state index contributed by atoms with van der Waals surface area (Å²) in [6, 6.07) is 4.70. The molecule has 1 aromatic carbocycles. The van der Waals surface area contributed by atoms with Gasteiger partial charge in [-0.05, 0) is 37.1 Å². The van der Waals surface area contributed by atoms with Crippen LogP contribution in [0.3, 0.4) is 0 Å². The number of non-ortho nitro benzene ring substituents is 1. The van der Waals surface area contributed by atoms with Crippen molar-refractivity contribution in [3.05, 3.63) is 51.2 Å². The van der Waals surface area contributed by atoms with Crippen LogP contribution in [0.25, 0.3) is 0 Å². The number of carbonyl (C=O) groups excluding carboxylic acids is 2. The Kier molecular flexibility index (Phi) is 4.40. The first kappa shape index (κ1) is 15.5. The van der Waals surface area contributed by atoms with Crippen molar-refractivity contribution in [1.29, 1.82) is 0 Å². The Labute approximate surface area is 126 Å². The number of carbonyl (C=O) groups is 2. The molecule has 22 heavy (non-hydrogen) atoms. The normalized spacial score (nSPS) is 17.5. The van der Waals surface area contributed by atoms with E-state index in [0.717, 1.165) is 0 Å².